The van der Waals surface area contributed by atoms with E-state index in [1.807, 2.05) is 0 Å². The van der Waals surface area contributed by atoms with Crippen molar-refractivity contribution in [3.63, 3.8) is 0 Å². The molecule has 1 heterocycles. The van der Waals surface area contributed by atoms with Crippen molar-refractivity contribution < 1.29 is 17.2 Å². The van der Waals surface area contributed by atoms with Crippen LogP contribution in [0.1, 0.15) is 23.4 Å². The number of alkyl halides is 2. The number of hydrogen-bond acceptors (Lipinski definition) is 4. The van der Waals surface area contributed by atoms with E-state index in [-0.39, 0.29) is 11.4 Å². The highest BCUT2D eigenvalue weighted by molar-refractivity contribution is 8.13. The van der Waals surface area contributed by atoms with E-state index in [2.05, 4.69) is 4.98 Å². The van der Waals surface area contributed by atoms with Gasteiger partial charge in [0.05, 0.1) is 10.5 Å². The van der Waals surface area contributed by atoms with Crippen LogP contribution in [-0.2, 0) is 9.05 Å². The van der Waals surface area contributed by atoms with Gasteiger partial charge < -0.3 is 0 Å². The Balaban J connectivity index is 3.69. The fourth-order valence-corrected chi connectivity index (χ4v) is 2.31. The molecule has 0 saturated carbocycles. The van der Waals surface area contributed by atoms with Gasteiger partial charge in [-0.1, -0.05) is 0 Å². The van der Waals surface area contributed by atoms with Crippen LogP contribution in [0.5, 0.6) is 0 Å². The highest BCUT2D eigenvalue weighted by Crippen LogP contribution is 2.31. The maximum Gasteiger partial charge on any atom is 0.266 e. The molecule has 0 saturated heterocycles. The number of aryl methyl sites for hydroxylation is 1. The van der Waals surface area contributed by atoms with Crippen LogP contribution in [0.25, 0.3) is 0 Å². The van der Waals surface area contributed by atoms with Crippen LogP contribution in [0.3, 0.4) is 0 Å². The van der Waals surface area contributed by atoms with Crippen molar-refractivity contribution in [2.24, 2.45) is 0 Å². The van der Waals surface area contributed by atoms with Crippen LogP contribution in [0.2, 0.25) is 0 Å². The molecule has 0 unspecified atom stereocenters. The summed E-state index contributed by atoms with van der Waals surface area (Å²) in [6, 6.07) is 2.30. The van der Waals surface area contributed by atoms with Crippen molar-refractivity contribution >= 4 is 19.7 Å². The molecule has 4 nitrogen and oxygen atoms in total. The Kier molecular flexibility index (Phi) is 3.45. The minimum Gasteiger partial charge on any atom is -0.242 e. The minimum absolute atomic E-state index is 0.228. The molecule has 1 aromatic rings. The maximum atomic E-state index is 12.6. The van der Waals surface area contributed by atoms with E-state index in [0.717, 1.165) is 6.07 Å². The van der Waals surface area contributed by atoms with Gasteiger partial charge in [0.2, 0.25) is 0 Å². The normalized spacial score (nSPS) is 11.5. The smallest absolute Gasteiger partial charge is 0.242 e. The lowest BCUT2D eigenvalue weighted by molar-refractivity contribution is 0.146. The van der Waals surface area contributed by atoms with Crippen LogP contribution in [0.15, 0.2) is 11.0 Å². The molecule has 0 bridgehead atoms. The third kappa shape index (κ3) is 2.46. The van der Waals surface area contributed by atoms with Crippen molar-refractivity contribution in [2.75, 3.05) is 0 Å². The molecular weight excluding hydrogens is 262 g/mol. The molecular formula is C8H5ClF2N2O2S. The standard InChI is InChI=1S/C8H5ClF2N2O2S/c1-4-7(8(10)11)6(16(9,14)15)2-5(3-12)13-4/h2,8H,1H3. The average molecular weight is 267 g/mol. The Bertz CT molecular complexity index is 566. The van der Waals surface area contributed by atoms with Gasteiger partial charge in [-0.3, -0.25) is 0 Å². The molecule has 0 aromatic carbocycles. The Labute approximate surface area is 94.9 Å². The fraction of sp³-hybridized carbons (Fsp3) is 0.250. The number of aromatic nitrogens is 1. The fourth-order valence-electron chi connectivity index (χ4n) is 1.18. The summed E-state index contributed by atoms with van der Waals surface area (Å²) in [6.07, 6.45) is -3.02. The van der Waals surface area contributed by atoms with Gasteiger partial charge in [-0.15, -0.1) is 0 Å². The van der Waals surface area contributed by atoms with E-state index in [4.69, 9.17) is 15.9 Å². The van der Waals surface area contributed by atoms with Gasteiger partial charge >= 0.3 is 0 Å². The van der Waals surface area contributed by atoms with E-state index in [1.54, 1.807) is 6.07 Å². The summed E-state index contributed by atoms with van der Waals surface area (Å²) < 4.78 is 47.4. The molecule has 0 spiro atoms. The number of pyridine rings is 1. The second-order valence-electron chi connectivity index (χ2n) is 2.86. The molecule has 0 amide bonds. The van der Waals surface area contributed by atoms with Crippen LogP contribution in [-0.4, -0.2) is 13.4 Å². The molecule has 0 N–H and O–H groups in total. The van der Waals surface area contributed by atoms with Gasteiger partial charge in [0.15, 0.2) is 0 Å². The van der Waals surface area contributed by atoms with Gasteiger partial charge in [0, 0.05) is 16.4 Å². The molecule has 0 aliphatic heterocycles. The monoisotopic (exact) mass is 266 g/mol. The molecule has 1 rings (SSSR count). The van der Waals surface area contributed by atoms with Crippen LogP contribution < -0.4 is 0 Å². The Morgan fingerprint density at radius 3 is 2.50 bits per heavy atom. The lowest BCUT2D eigenvalue weighted by atomic mass is 10.2. The van der Waals surface area contributed by atoms with Crippen LogP contribution >= 0.6 is 10.7 Å². The highest BCUT2D eigenvalue weighted by atomic mass is 35.7. The second kappa shape index (κ2) is 4.31. The van der Waals surface area contributed by atoms with Gasteiger partial charge in [-0.25, -0.2) is 22.2 Å². The third-order valence-electron chi connectivity index (χ3n) is 1.81. The number of hydrogen-bond donors (Lipinski definition) is 0. The van der Waals surface area contributed by atoms with E-state index in [1.165, 1.54) is 6.92 Å². The van der Waals surface area contributed by atoms with Crippen molar-refractivity contribution in [1.82, 2.24) is 4.98 Å². The van der Waals surface area contributed by atoms with Gasteiger partial charge in [0.25, 0.3) is 15.5 Å². The summed E-state index contributed by atoms with van der Waals surface area (Å²) in [5.74, 6) is 0. The van der Waals surface area contributed by atoms with E-state index >= 15 is 0 Å². The topological polar surface area (TPSA) is 70.8 Å². The molecule has 0 radical (unpaired) electrons. The second-order valence-corrected chi connectivity index (χ2v) is 5.39. The minimum atomic E-state index is -4.33. The summed E-state index contributed by atoms with van der Waals surface area (Å²) in [6.45, 7) is 1.19. The lowest BCUT2D eigenvalue weighted by Gasteiger charge is -2.08. The van der Waals surface area contributed by atoms with Crippen LogP contribution in [0.4, 0.5) is 8.78 Å². The van der Waals surface area contributed by atoms with E-state index < -0.39 is 25.9 Å². The molecule has 1 aromatic heterocycles. The van der Waals surface area contributed by atoms with E-state index in [0.29, 0.717) is 0 Å². The van der Waals surface area contributed by atoms with Gasteiger partial charge in [0.1, 0.15) is 11.8 Å². The molecule has 0 fully saturated rings. The summed E-state index contributed by atoms with van der Waals surface area (Å²) in [5.41, 5.74) is -1.27. The zero-order valence-corrected chi connectivity index (χ0v) is 9.48. The van der Waals surface area contributed by atoms with Crippen molar-refractivity contribution in [3.05, 3.63) is 23.0 Å². The van der Waals surface area contributed by atoms with Gasteiger partial charge in [-0.05, 0) is 13.0 Å². The molecule has 0 atom stereocenters. The first-order chi connectivity index (χ1) is 7.27. The number of nitriles is 1. The molecule has 16 heavy (non-hydrogen) atoms. The number of nitrogens with zero attached hydrogens (tertiary/aromatic N) is 2. The predicted molar refractivity (Wildman–Crippen MR) is 51.7 cm³/mol. The summed E-state index contributed by atoms with van der Waals surface area (Å²) in [7, 11) is 0.678. The first-order valence-corrected chi connectivity index (χ1v) is 6.22. The SMILES string of the molecule is Cc1nc(C#N)cc(S(=O)(=O)Cl)c1C(F)F. The lowest BCUT2D eigenvalue weighted by Crippen LogP contribution is -2.05. The van der Waals surface area contributed by atoms with Gasteiger partial charge in [-0.2, -0.15) is 5.26 Å². The summed E-state index contributed by atoms with van der Waals surface area (Å²) in [4.78, 5) is 2.75. The molecule has 0 aliphatic rings. The Morgan fingerprint density at radius 1 is 1.56 bits per heavy atom. The maximum absolute atomic E-state index is 12.6. The number of rotatable bonds is 2. The predicted octanol–water partition coefficient (Wildman–Crippen LogP) is 2.13. The number of halogens is 3. The first kappa shape index (κ1) is 12.8. The van der Waals surface area contributed by atoms with Crippen LogP contribution in [0, 0.1) is 18.3 Å². The molecule has 86 valence electrons. The molecule has 0 aliphatic carbocycles. The summed E-state index contributed by atoms with van der Waals surface area (Å²) in [5, 5.41) is 8.54. The van der Waals surface area contributed by atoms with Crippen molar-refractivity contribution in [3.8, 4) is 6.07 Å². The first-order valence-electron chi connectivity index (χ1n) is 3.92. The van der Waals surface area contributed by atoms with Crippen molar-refractivity contribution in [2.45, 2.75) is 18.2 Å². The van der Waals surface area contributed by atoms with Crippen molar-refractivity contribution in [1.29, 1.82) is 5.26 Å². The quantitative estimate of drug-likeness (QED) is 0.769. The largest absolute Gasteiger partial charge is 0.266 e. The third-order valence-corrected chi connectivity index (χ3v) is 3.17. The highest BCUT2D eigenvalue weighted by Gasteiger charge is 2.25. The average Bonchev–Trinajstić information content (AvgIpc) is 2.14. The Hall–Kier alpha value is -1.26. The summed E-state index contributed by atoms with van der Waals surface area (Å²) >= 11 is 0. The zero-order valence-electron chi connectivity index (χ0n) is 7.91. The molecule has 8 heteroatoms. The zero-order chi connectivity index (χ0) is 12.5. The Morgan fingerprint density at radius 2 is 2.12 bits per heavy atom. The van der Waals surface area contributed by atoms with E-state index in [9.17, 15) is 17.2 Å².